The number of hydrogen-bond acceptors (Lipinski definition) is 5. The number of methoxy groups -OCH3 is 1. The monoisotopic (exact) mass is 232 g/mol. The molecule has 0 saturated carbocycles. The number of nitrogen functional groups attached to an aromatic ring is 1. The van der Waals surface area contributed by atoms with E-state index in [1.165, 1.54) is 0 Å². The number of nitrogens with zero attached hydrogens (tertiary/aromatic N) is 1. The predicted octanol–water partition coefficient (Wildman–Crippen LogP) is 1.02. The Kier molecular flexibility index (Phi) is 3.60. The molecule has 16 heavy (non-hydrogen) atoms. The number of esters is 1. The molecule has 5 nitrogen and oxygen atoms in total. The highest BCUT2D eigenvalue weighted by atomic mass is 19.3. The normalized spacial score (nSPS) is 10.5. The molecule has 0 aliphatic rings. The van der Waals surface area contributed by atoms with Crippen LogP contribution in [0.3, 0.4) is 0 Å². The molecule has 1 aromatic rings. The van der Waals surface area contributed by atoms with Gasteiger partial charge in [0.25, 0.3) is 6.43 Å². The first-order valence-electron chi connectivity index (χ1n) is 4.29. The van der Waals surface area contributed by atoms with E-state index in [9.17, 15) is 18.7 Å². The molecule has 0 aliphatic carbocycles. The molecule has 3 N–H and O–H groups in total. The first-order valence-corrected chi connectivity index (χ1v) is 4.29. The first-order chi connectivity index (χ1) is 7.45. The number of carbonyl (C=O) groups is 1. The van der Waals surface area contributed by atoms with Crippen LogP contribution in [0.4, 0.5) is 14.6 Å². The lowest BCUT2D eigenvalue weighted by atomic mass is 10.1. The van der Waals surface area contributed by atoms with E-state index in [-0.39, 0.29) is 11.5 Å². The van der Waals surface area contributed by atoms with E-state index >= 15 is 0 Å². The Balaban J connectivity index is 3.14. The summed E-state index contributed by atoms with van der Waals surface area (Å²) in [4.78, 5) is 14.5. The fourth-order valence-electron chi connectivity index (χ4n) is 1.13. The molecule has 0 aliphatic heterocycles. The summed E-state index contributed by atoms with van der Waals surface area (Å²) in [6, 6.07) is 0.862. The molecular weight excluding hydrogens is 222 g/mol. The Morgan fingerprint density at radius 3 is 2.81 bits per heavy atom. The highest BCUT2D eigenvalue weighted by Crippen LogP contribution is 2.31. The minimum absolute atomic E-state index is 0.188. The van der Waals surface area contributed by atoms with Gasteiger partial charge >= 0.3 is 5.97 Å². The van der Waals surface area contributed by atoms with Crippen molar-refractivity contribution in [3.63, 3.8) is 0 Å². The topological polar surface area (TPSA) is 85.4 Å². The minimum Gasteiger partial charge on any atom is -0.506 e. The number of pyridine rings is 1. The number of aromatic hydroxyl groups is 1. The largest absolute Gasteiger partial charge is 0.506 e. The summed E-state index contributed by atoms with van der Waals surface area (Å²) in [6.45, 7) is 0. The van der Waals surface area contributed by atoms with Gasteiger partial charge in [-0.3, -0.25) is 4.79 Å². The van der Waals surface area contributed by atoms with Crippen LogP contribution in [0.15, 0.2) is 6.07 Å². The van der Waals surface area contributed by atoms with E-state index in [0.717, 1.165) is 13.2 Å². The van der Waals surface area contributed by atoms with E-state index in [1.54, 1.807) is 0 Å². The number of rotatable bonds is 3. The predicted molar refractivity (Wildman–Crippen MR) is 51.0 cm³/mol. The van der Waals surface area contributed by atoms with Crippen LogP contribution in [-0.2, 0) is 16.0 Å². The maximum absolute atomic E-state index is 12.4. The minimum atomic E-state index is -2.89. The van der Waals surface area contributed by atoms with Gasteiger partial charge < -0.3 is 15.6 Å². The van der Waals surface area contributed by atoms with Gasteiger partial charge in [0.1, 0.15) is 11.6 Å². The van der Waals surface area contributed by atoms with Gasteiger partial charge in [-0.2, -0.15) is 0 Å². The van der Waals surface area contributed by atoms with Crippen molar-refractivity contribution in [3.05, 3.63) is 17.3 Å². The quantitative estimate of drug-likeness (QED) is 0.760. The summed E-state index contributed by atoms with van der Waals surface area (Å²) in [5.74, 6) is -1.62. The van der Waals surface area contributed by atoms with E-state index in [0.29, 0.717) is 0 Å². The Bertz CT molecular complexity index is 410. The lowest BCUT2D eigenvalue weighted by Crippen LogP contribution is -2.08. The Hall–Kier alpha value is -1.92. The molecular formula is C9H10F2N2O3. The van der Waals surface area contributed by atoms with Crippen molar-refractivity contribution in [2.24, 2.45) is 0 Å². The van der Waals surface area contributed by atoms with Gasteiger partial charge in [-0.15, -0.1) is 0 Å². The molecule has 0 fully saturated rings. The van der Waals surface area contributed by atoms with Gasteiger partial charge in [0.05, 0.1) is 24.8 Å². The standard InChI is InChI=1S/C9H10F2N2O3/c1-16-7(14)3-5-8(15)4(9(10)11)2-6(12)13-5/h2,9,15H,3H2,1H3,(H2,12,13). The lowest BCUT2D eigenvalue weighted by molar-refractivity contribution is -0.139. The molecule has 1 aromatic heterocycles. The van der Waals surface area contributed by atoms with E-state index in [1.807, 2.05) is 0 Å². The Morgan fingerprint density at radius 1 is 1.69 bits per heavy atom. The molecule has 0 unspecified atom stereocenters. The zero-order valence-electron chi connectivity index (χ0n) is 8.41. The van der Waals surface area contributed by atoms with Crippen LogP contribution in [0.5, 0.6) is 5.75 Å². The van der Waals surface area contributed by atoms with Crippen molar-refractivity contribution >= 4 is 11.8 Å². The average molecular weight is 232 g/mol. The summed E-state index contributed by atoms with van der Waals surface area (Å²) < 4.78 is 29.2. The third-order valence-corrected chi connectivity index (χ3v) is 1.89. The van der Waals surface area contributed by atoms with E-state index in [2.05, 4.69) is 9.72 Å². The van der Waals surface area contributed by atoms with Gasteiger partial charge in [0.2, 0.25) is 0 Å². The number of hydrogen-bond donors (Lipinski definition) is 2. The molecule has 88 valence electrons. The van der Waals surface area contributed by atoms with Crippen LogP contribution >= 0.6 is 0 Å². The second-order valence-corrected chi connectivity index (χ2v) is 2.99. The molecule has 1 heterocycles. The summed E-state index contributed by atoms with van der Waals surface area (Å²) >= 11 is 0. The number of carbonyl (C=O) groups excluding carboxylic acids is 1. The number of ether oxygens (including phenoxy) is 1. The van der Waals surface area contributed by atoms with Crippen molar-refractivity contribution in [2.45, 2.75) is 12.8 Å². The van der Waals surface area contributed by atoms with Crippen molar-refractivity contribution in [2.75, 3.05) is 12.8 Å². The Labute approximate surface area is 89.9 Å². The van der Waals surface area contributed by atoms with Crippen molar-refractivity contribution in [1.29, 1.82) is 0 Å². The molecule has 0 aromatic carbocycles. The molecule has 1 rings (SSSR count). The molecule has 0 amide bonds. The summed E-state index contributed by atoms with van der Waals surface area (Å²) in [7, 11) is 1.14. The van der Waals surface area contributed by atoms with Gasteiger partial charge in [-0.05, 0) is 6.07 Å². The van der Waals surface area contributed by atoms with Gasteiger partial charge in [0, 0.05) is 0 Å². The number of anilines is 1. The Morgan fingerprint density at radius 2 is 2.31 bits per heavy atom. The van der Waals surface area contributed by atoms with Gasteiger partial charge in [-0.1, -0.05) is 0 Å². The zero-order valence-corrected chi connectivity index (χ0v) is 8.41. The molecule has 0 spiro atoms. The second kappa shape index (κ2) is 4.73. The van der Waals surface area contributed by atoms with Gasteiger partial charge in [-0.25, -0.2) is 13.8 Å². The maximum Gasteiger partial charge on any atom is 0.311 e. The van der Waals surface area contributed by atoms with Gasteiger partial charge in [0.15, 0.2) is 0 Å². The lowest BCUT2D eigenvalue weighted by Gasteiger charge is -2.09. The third kappa shape index (κ3) is 2.56. The van der Waals surface area contributed by atoms with E-state index < -0.39 is 30.1 Å². The van der Waals surface area contributed by atoms with Crippen molar-refractivity contribution in [3.8, 4) is 5.75 Å². The smallest absolute Gasteiger partial charge is 0.311 e. The highest BCUT2D eigenvalue weighted by molar-refractivity contribution is 5.73. The zero-order chi connectivity index (χ0) is 12.3. The van der Waals surface area contributed by atoms with Crippen LogP contribution < -0.4 is 5.73 Å². The molecule has 7 heteroatoms. The fourth-order valence-corrected chi connectivity index (χ4v) is 1.13. The third-order valence-electron chi connectivity index (χ3n) is 1.89. The molecule has 0 saturated heterocycles. The fraction of sp³-hybridized carbons (Fsp3) is 0.333. The van der Waals surface area contributed by atoms with Crippen LogP contribution in [0.25, 0.3) is 0 Å². The molecule has 0 radical (unpaired) electrons. The van der Waals surface area contributed by atoms with Crippen molar-refractivity contribution in [1.82, 2.24) is 4.98 Å². The van der Waals surface area contributed by atoms with Crippen molar-refractivity contribution < 1.29 is 23.4 Å². The highest BCUT2D eigenvalue weighted by Gasteiger charge is 2.19. The summed E-state index contributed by atoms with van der Waals surface area (Å²) in [5.41, 5.74) is 4.41. The summed E-state index contributed by atoms with van der Waals surface area (Å²) in [5, 5.41) is 9.42. The summed E-state index contributed by atoms with van der Waals surface area (Å²) in [6.07, 6.45) is -3.30. The van der Waals surface area contributed by atoms with Crippen LogP contribution in [0.1, 0.15) is 17.7 Å². The number of aromatic nitrogens is 1. The average Bonchev–Trinajstić information content (AvgIpc) is 2.22. The second-order valence-electron chi connectivity index (χ2n) is 2.99. The maximum atomic E-state index is 12.4. The van der Waals surface area contributed by atoms with Crippen LogP contribution in [0.2, 0.25) is 0 Å². The molecule has 0 atom stereocenters. The SMILES string of the molecule is COC(=O)Cc1nc(N)cc(C(F)F)c1O. The number of nitrogens with two attached hydrogens (primary N) is 1. The van der Waals surface area contributed by atoms with Crippen LogP contribution in [0, 0.1) is 0 Å². The first kappa shape index (κ1) is 12.2. The number of halogens is 2. The molecule has 0 bridgehead atoms. The number of alkyl halides is 2. The van der Waals surface area contributed by atoms with Crippen LogP contribution in [-0.4, -0.2) is 23.2 Å². The van der Waals surface area contributed by atoms with E-state index in [4.69, 9.17) is 5.73 Å².